The number of halogens is 2. The van der Waals surface area contributed by atoms with Crippen molar-refractivity contribution in [2.24, 2.45) is 24.8 Å². The molecule has 8 unspecified atom stereocenters. The van der Waals surface area contributed by atoms with Gasteiger partial charge in [-0.15, -0.1) is 0 Å². The van der Waals surface area contributed by atoms with Crippen LogP contribution in [0.5, 0.6) is 0 Å². The number of hydrogen-bond donors (Lipinski definition) is 6. The predicted molar refractivity (Wildman–Crippen MR) is 151 cm³/mol. The molecule has 6 saturated heterocycles. The van der Waals surface area contributed by atoms with Crippen LogP contribution in [0.2, 0.25) is 0 Å². The minimum atomic E-state index is -2.21. The van der Waals surface area contributed by atoms with Crippen LogP contribution in [0.3, 0.4) is 0 Å². The van der Waals surface area contributed by atoms with E-state index in [9.17, 15) is 8.78 Å². The zero-order valence-corrected chi connectivity index (χ0v) is 24.5. The van der Waals surface area contributed by atoms with Gasteiger partial charge in [-0.2, -0.15) is 0 Å². The quantitative estimate of drug-likeness (QED) is 0.291. The lowest BCUT2D eigenvalue weighted by molar-refractivity contribution is -0.0791. The van der Waals surface area contributed by atoms with Crippen molar-refractivity contribution in [1.29, 1.82) is 0 Å². The second-order valence-electron chi connectivity index (χ2n) is 13.2. The zero-order chi connectivity index (χ0) is 28.2. The summed E-state index contributed by atoms with van der Waals surface area (Å²) >= 11 is 0. The molecule has 230 valence electrons. The molecule has 6 aliphatic rings. The summed E-state index contributed by atoms with van der Waals surface area (Å²) in [6, 6.07) is 5.31. The number of aromatic nitrogens is 1. The van der Waals surface area contributed by atoms with Crippen LogP contribution < -0.4 is 32.1 Å². The van der Waals surface area contributed by atoms with Crippen molar-refractivity contribution in [1.82, 2.24) is 51.6 Å². The summed E-state index contributed by atoms with van der Waals surface area (Å²) in [6.07, 6.45) is 1.47. The second kappa shape index (κ2) is 11.7. The van der Waals surface area contributed by atoms with E-state index in [1.54, 1.807) is 0 Å². The average Bonchev–Trinajstić information content (AvgIpc) is 3.60. The van der Waals surface area contributed by atoms with Crippen molar-refractivity contribution < 1.29 is 13.5 Å². The topological polar surface area (TPSA) is 96.1 Å². The van der Waals surface area contributed by atoms with Crippen LogP contribution in [-0.4, -0.2) is 109 Å². The molecule has 0 spiro atoms. The highest BCUT2D eigenvalue weighted by atomic mass is 19.3. The molecule has 9 atom stereocenters. The molecule has 7 rings (SSSR count). The number of nitrogens with one attached hydrogen (secondary N) is 6. The largest absolute Gasteiger partial charge is 0.361 e. The highest BCUT2D eigenvalue weighted by Crippen LogP contribution is 2.39. The molecule has 0 saturated carbocycles. The first-order valence-corrected chi connectivity index (χ1v) is 15.6. The van der Waals surface area contributed by atoms with Gasteiger partial charge in [0.2, 0.25) is 6.43 Å². The van der Waals surface area contributed by atoms with Gasteiger partial charge < -0.3 is 19.9 Å². The molecule has 6 N–H and O–H groups in total. The number of hydrazine groups is 2. The molecule has 6 aliphatic heterocycles. The minimum Gasteiger partial charge on any atom is -0.361 e. The van der Waals surface area contributed by atoms with Crippen LogP contribution in [0.15, 0.2) is 12.1 Å². The first kappa shape index (κ1) is 28.5. The van der Waals surface area contributed by atoms with Gasteiger partial charge in [-0.3, -0.25) is 21.0 Å². The fourth-order valence-corrected chi connectivity index (χ4v) is 8.10. The van der Waals surface area contributed by atoms with Crippen LogP contribution >= 0.6 is 0 Å². The molecular formula is C28H48F2N10O. The third-order valence-corrected chi connectivity index (χ3v) is 10.6. The van der Waals surface area contributed by atoms with Crippen LogP contribution in [0.25, 0.3) is 0 Å². The number of rotatable bonds is 4. The van der Waals surface area contributed by atoms with Crippen LogP contribution in [0.1, 0.15) is 43.6 Å². The third kappa shape index (κ3) is 5.47. The predicted octanol–water partition coefficient (Wildman–Crippen LogP) is -0.0867. The molecule has 0 amide bonds. The normalized spacial score (nSPS) is 41.4. The van der Waals surface area contributed by atoms with Gasteiger partial charge in [0.15, 0.2) is 0 Å². The Labute approximate surface area is 242 Å². The van der Waals surface area contributed by atoms with Crippen molar-refractivity contribution >= 4 is 0 Å². The SMILES string of the molecule is C[C@H]1CCOC2C(CNN2C)C2NCCC(NC3CC4C(CN3)C(c3ccc(CN5CC(C(F)F)C5)n3C)NN41)N2. The number of nitrogens with zero attached hydrogens (tertiary/aromatic N) is 4. The number of fused-ring (bicyclic) bond motifs is 5. The van der Waals surface area contributed by atoms with E-state index in [1.807, 2.05) is 0 Å². The molecule has 4 bridgehead atoms. The van der Waals surface area contributed by atoms with E-state index in [2.05, 4.69) is 84.8 Å². The van der Waals surface area contributed by atoms with Gasteiger partial charge in [0.25, 0.3) is 0 Å². The van der Waals surface area contributed by atoms with E-state index >= 15 is 0 Å². The van der Waals surface area contributed by atoms with Gasteiger partial charge in [-0.25, -0.2) is 24.2 Å². The molecule has 7 heterocycles. The van der Waals surface area contributed by atoms with E-state index in [0.717, 1.165) is 45.4 Å². The highest BCUT2D eigenvalue weighted by molar-refractivity contribution is 5.23. The Hall–Kier alpha value is -1.26. The Morgan fingerprint density at radius 1 is 1.02 bits per heavy atom. The van der Waals surface area contributed by atoms with Crippen molar-refractivity contribution in [2.75, 3.05) is 46.4 Å². The molecule has 1 aromatic heterocycles. The van der Waals surface area contributed by atoms with E-state index in [1.165, 1.54) is 11.4 Å². The zero-order valence-electron chi connectivity index (χ0n) is 24.5. The molecule has 13 heteroatoms. The summed E-state index contributed by atoms with van der Waals surface area (Å²) in [6.45, 7) is 7.50. The molecule has 0 aromatic carbocycles. The van der Waals surface area contributed by atoms with E-state index in [-0.39, 0.29) is 30.8 Å². The maximum atomic E-state index is 13.0. The Morgan fingerprint density at radius 3 is 2.71 bits per heavy atom. The van der Waals surface area contributed by atoms with Crippen molar-refractivity contribution in [2.45, 2.75) is 82.0 Å². The Balaban J connectivity index is 1.09. The summed E-state index contributed by atoms with van der Waals surface area (Å²) in [5.41, 5.74) is 9.88. The standard InChI is InChI=1S/C28H48F2N10O/c1-16-7-9-41-28-20(12-33-38(28)3)27-31-8-6-23(35-27)34-24-10-22-19(11-32-24)25(36-40(16)22)21-5-4-18(37(21)2)15-39-13-17(14-39)26(29)30/h4-5,16-17,19-20,22-28,31-36H,6-15H2,1-3H3/t16-,19?,20?,22?,23?,24?,25?,27?,28?/m0/s1. The molecule has 41 heavy (non-hydrogen) atoms. The molecule has 0 radical (unpaired) electrons. The Morgan fingerprint density at radius 2 is 1.88 bits per heavy atom. The molecular weight excluding hydrogens is 530 g/mol. The number of hydrogen-bond acceptors (Lipinski definition) is 10. The average molecular weight is 579 g/mol. The second-order valence-corrected chi connectivity index (χ2v) is 13.2. The summed E-state index contributed by atoms with van der Waals surface area (Å²) in [4.78, 5) is 2.13. The first-order chi connectivity index (χ1) is 19.9. The van der Waals surface area contributed by atoms with Gasteiger partial charge >= 0.3 is 0 Å². The van der Waals surface area contributed by atoms with Crippen molar-refractivity contribution in [3.8, 4) is 0 Å². The van der Waals surface area contributed by atoms with Gasteiger partial charge in [0.05, 0.1) is 31.1 Å². The summed E-state index contributed by atoms with van der Waals surface area (Å²) in [7, 11) is 4.21. The van der Waals surface area contributed by atoms with Crippen molar-refractivity contribution in [3.05, 3.63) is 23.5 Å². The highest BCUT2D eigenvalue weighted by Gasteiger charge is 2.49. The van der Waals surface area contributed by atoms with Gasteiger partial charge in [-0.05, 0) is 44.9 Å². The molecule has 0 aliphatic carbocycles. The molecule has 11 nitrogen and oxygen atoms in total. The van der Waals surface area contributed by atoms with Crippen LogP contribution in [-0.2, 0) is 18.3 Å². The summed E-state index contributed by atoms with van der Waals surface area (Å²) in [5.74, 6) is 0.256. The van der Waals surface area contributed by atoms with Gasteiger partial charge in [-0.1, -0.05) is 0 Å². The first-order valence-electron chi connectivity index (χ1n) is 15.6. The van der Waals surface area contributed by atoms with Gasteiger partial charge in [0.1, 0.15) is 6.23 Å². The van der Waals surface area contributed by atoms with Crippen molar-refractivity contribution in [3.63, 3.8) is 0 Å². The Bertz CT molecular complexity index is 1060. The monoisotopic (exact) mass is 578 g/mol. The number of likely N-dealkylation sites (tertiary alicyclic amines) is 1. The van der Waals surface area contributed by atoms with E-state index in [0.29, 0.717) is 43.6 Å². The van der Waals surface area contributed by atoms with E-state index in [4.69, 9.17) is 4.74 Å². The lowest BCUT2D eigenvalue weighted by Gasteiger charge is -2.43. The summed E-state index contributed by atoms with van der Waals surface area (Å²) in [5, 5.41) is 19.9. The lowest BCUT2D eigenvalue weighted by Crippen LogP contribution is -2.67. The minimum absolute atomic E-state index is 0.0164. The molecule has 1 aromatic rings. The number of piperidine rings is 1. The lowest BCUT2D eigenvalue weighted by atomic mass is 9.85. The maximum Gasteiger partial charge on any atom is 0.243 e. The summed E-state index contributed by atoms with van der Waals surface area (Å²) < 4.78 is 34.8. The third-order valence-electron chi connectivity index (χ3n) is 10.6. The van der Waals surface area contributed by atoms with Gasteiger partial charge in [0, 0.05) is 88.0 Å². The fraction of sp³-hybridized carbons (Fsp3) is 0.857. The number of ether oxygens (including phenoxy) is 1. The molecule has 6 fully saturated rings. The maximum absolute atomic E-state index is 13.0. The fourth-order valence-electron chi connectivity index (χ4n) is 8.10. The van der Waals surface area contributed by atoms with Crippen LogP contribution in [0, 0.1) is 17.8 Å². The number of alkyl halides is 2. The van der Waals surface area contributed by atoms with Crippen LogP contribution in [0.4, 0.5) is 8.78 Å². The van der Waals surface area contributed by atoms with E-state index < -0.39 is 12.3 Å². The smallest absolute Gasteiger partial charge is 0.243 e. The Kier molecular flexibility index (Phi) is 8.12.